The average Bonchev–Trinajstić information content (AvgIpc) is 2.66. The molecule has 0 aliphatic rings. The molecule has 0 spiro atoms. The fourth-order valence-electron chi connectivity index (χ4n) is 1.23. The minimum atomic E-state index is -3.01. The molecule has 0 unspecified atom stereocenters. The Morgan fingerprint density at radius 2 is 2.11 bits per heavy atom. The van der Waals surface area contributed by atoms with Gasteiger partial charge in [-0.25, -0.2) is 18.2 Å². The molecule has 1 aromatic heterocycles. The highest BCUT2D eigenvalue weighted by atomic mass is 32.2. The zero-order valence-corrected chi connectivity index (χ0v) is 12.4. The first-order valence-corrected chi connectivity index (χ1v) is 8.07. The van der Waals surface area contributed by atoms with E-state index < -0.39 is 15.8 Å². The average molecular weight is 292 g/mol. The number of nitrogens with zero attached hydrogens (tertiary/aromatic N) is 2. The lowest BCUT2D eigenvalue weighted by atomic mass is 10.4. The summed E-state index contributed by atoms with van der Waals surface area (Å²) >= 11 is 1.34. The Labute approximate surface area is 111 Å². The first-order valence-electron chi connectivity index (χ1n) is 5.19. The van der Waals surface area contributed by atoms with Crippen molar-refractivity contribution in [3.05, 3.63) is 10.6 Å². The minimum absolute atomic E-state index is 0.0513. The van der Waals surface area contributed by atoms with Gasteiger partial charge in [-0.15, -0.1) is 11.3 Å². The van der Waals surface area contributed by atoms with E-state index in [0.717, 1.165) is 4.88 Å². The van der Waals surface area contributed by atoms with Crippen LogP contribution in [0.25, 0.3) is 0 Å². The highest BCUT2D eigenvalue weighted by Crippen LogP contribution is 2.25. The number of aromatic nitrogens is 1. The second-order valence-corrected chi connectivity index (χ2v) is 7.39. The molecule has 0 radical (unpaired) electrons. The maximum atomic E-state index is 11.4. The zero-order valence-electron chi connectivity index (χ0n) is 10.8. The molecule has 0 bridgehead atoms. The third-order valence-electron chi connectivity index (χ3n) is 2.29. The highest BCUT2D eigenvalue weighted by Gasteiger charge is 2.18. The summed E-state index contributed by atoms with van der Waals surface area (Å²) in [6, 6.07) is 0. The standard InChI is InChI=1S/C10H16N2O4S2/c1-7-8(9(13)16-3)11-10(17-7)12(2)5-6-18(4,14)15/h5-6H2,1-4H3. The van der Waals surface area contributed by atoms with Crippen LogP contribution in [0.1, 0.15) is 15.4 Å². The second kappa shape index (κ2) is 5.66. The van der Waals surface area contributed by atoms with Gasteiger partial charge in [-0.3, -0.25) is 0 Å². The predicted molar refractivity (Wildman–Crippen MR) is 71.2 cm³/mol. The molecule has 0 saturated heterocycles. The molecule has 1 aromatic rings. The van der Waals surface area contributed by atoms with Crippen LogP contribution in [-0.2, 0) is 14.6 Å². The van der Waals surface area contributed by atoms with Crippen LogP contribution >= 0.6 is 11.3 Å². The summed E-state index contributed by atoms with van der Waals surface area (Å²) < 4.78 is 26.8. The van der Waals surface area contributed by atoms with Crippen molar-refractivity contribution in [2.75, 3.05) is 37.6 Å². The van der Waals surface area contributed by atoms with Crippen molar-refractivity contribution >= 4 is 32.3 Å². The van der Waals surface area contributed by atoms with Crippen LogP contribution in [-0.4, -0.2) is 52.1 Å². The van der Waals surface area contributed by atoms with Gasteiger partial charge in [0.25, 0.3) is 0 Å². The van der Waals surface area contributed by atoms with Crippen LogP contribution < -0.4 is 4.90 Å². The highest BCUT2D eigenvalue weighted by molar-refractivity contribution is 7.90. The fourth-order valence-corrected chi connectivity index (χ4v) is 2.72. The molecule has 0 N–H and O–H groups in total. The van der Waals surface area contributed by atoms with Crippen molar-refractivity contribution in [1.29, 1.82) is 0 Å². The van der Waals surface area contributed by atoms with Gasteiger partial charge in [0.2, 0.25) is 0 Å². The molecule has 0 aromatic carbocycles. The number of esters is 1. The first kappa shape index (κ1) is 14.9. The topological polar surface area (TPSA) is 76.6 Å². The largest absolute Gasteiger partial charge is 0.464 e. The summed E-state index contributed by atoms with van der Waals surface area (Å²) in [4.78, 5) is 18.0. The Balaban J connectivity index is 2.81. The molecule has 0 fully saturated rings. The summed E-state index contributed by atoms with van der Waals surface area (Å²) in [6.07, 6.45) is 1.19. The summed E-state index contributed by atoms with van der Waals surface area (Å²) in [5.41, 5.74) is 0.281. The lowest BCUT2D eigenvalue weighted by molar-refractivity contribution is 0.0594. The molecule has 0 amide bonds. The Hall–Kier alpha value is -1.15. The third kappa shape index (κ3) is 3.95. The number of anilines is 1. The number of hydrogen-bond acceptors (Lipinski definition) is 7. The lowest BCUT2D eigenvalue weighted by Crippen LogP contribution is -2.24. The number of sulfone groups is 1. The van der Waals surface area contributed by atoms with Crippen LogP contribution in [0, 0.1) is 6.92 Å². The number of hydrogen-bond donors (Lipinski definition) is 0. The Bertz CT molecular complexity index is 536. The summed E-state index contributed by atoms with van der Waals surface area (Å²) in [5.74, 6) is -0.429. The number of aryl methyl sites for hydroxylation is 1. The van der Waals surface area contributed by atoms with Gasteiger partial charge in [0, 0.05) is 24.7 Å². The molecule has 1 rings (SSSR count). The number of rotatable bonds is 5. The molecular formula is C10H16N2O4S2. The number of carbonyl (C=O) groups excluding carboxylic acids is 1. The molecule has 102 valence electrons. The second-order valence-electron chi connectivity index (χ2n) is 3.94. The lowest BCUT2D eigenvalue weighted by Gasteiger charge is -2.14. The van der Waals surface area contributed by atoms with Crippen molar-refractivity contribution < 1.29 is 17.9 Å². The molecular weight excluding hydrogens is 276 g/mol. The number of methoxy groups -OCH3 is 1. The van der Waals surface area contributed by atoms with Crippen LogP contribution in [0.4, 0.5) is 5.13 Å². The zero-order chi connectivity index (χ0) is 13.9. The molecule has 6 nitrogen and oxygen atoms in total. The van der Waals surface area contributed by atoms with Crippen molar-refractivity contribution in [3.8, 4) is 0 Å². The summed E-state index contributed by atoms with van der Waals surface area (Å²) in [5, 5.41) is 0.608. The van der Waals surface area contributed by atoms with Gasteiger partial charge in [-0.2, -0.15) is 0 Å². The van der Waals surface area contributed by atoms with Crippen molar-refractivity contribution in [2.45, 2.75) is 6.92 Å². The monoisotopic (exact) mass is 292 g/mol. The van der Waals surface area contributed by atoms with Crippen molar-refractivity contribution in [1.82, 2.24) is 4.98 Å². The van der Waals surface area contributed by atoms with E-state index in [4.69, 9.17) is 0 Å². The Kier molecular flexibility index (Phi) is 4.69. The molecule has 0 atom stereocenters. The maximum absolute atomic E-state index is 11.4. The SMILES string of the molecule is COC(=O)c1nc(N(C)CCS(C)(=O)=O)sc1C. The van der Waals surface area contributed by atoms with Gasteiger partial charge in [0.15, 0.2) is 10.8 Å². The van der Waals surface area contributed by atoms with Gasteiger partial charge in [-0.05, 0) is 6.92 Å². The van der Waals surface area contributed by atoms with Crippen LogP contribution in [0.5, 0.6) is 0 Å². The van der Waals surface area contributed by atoms with Crippen molar-refractivity contribution in [3.63, 3.8) is 0 Å². The van der Waals surface area contributed by atoms with E-state index in [1.807, 2.05) is 0 Å². The van der Waals surface area contributed by atoms with Crippen molar-refractivity contribution in [2.24, 2.45) is 0 Å². The molecule has 18 heavy (non-hydrogen) atoms. The third-order valence-corrected chi connectivity index (χ3v) is 4.30. The first-order chi connectivity index (χ1) is 8.24. The number of ether oxygens (including phenoxy) is 1. The van der Waals surface area contributed by atoms with Gasteiger partial charge >= 0.3 is 5.97 Å². The van der Waals surface area contributed by atoms with E-state index in [9.17, 15) is 13.2 Å². The number of carbonyl (C=O) groups is 1. The van der Waals surface area contributed by atoms with E-state index in [0.29, 0.717) is 11.7 Å². The Morgan fingerprint density at radius 3 is 2.61 bits per heavy atom. The summed E-state index contributed by atoms with van der Waals surface area (Å²) in [7, 11) is 0.0324. The van der Waals surface area contributed by atoms with E-state index in [-0.39, 0.29) is 11.4 Å². The van der Waals surface area contributed by atoms with Crippen LogP contribution in [0.15, 0.2) is 0 Å². The molecule has 0 saturated carbocycles. The minimum Gasteiger partial charge on any atom is -0.464 e. The van der Waals surface area contributed by atoms with Gasteiger partial charge < -0.3 is 9.64 Å². The maximum Gasteiger partial charge on any atom is 0.357 e. The molecule has 8 heteroatoms. The quantitative estimate of drug-likeness (QED) is 0.744. The van der Waals surface area contributed by atoms with E-state index >= 15 is 0 Å². The van der Waals surface area contributed by atoms with Gasteiger partial charge in [-0.1, -0.05) is 0 Å². The molecule has 1 heterocycles. The van der Waals surface area contributed by atoms with E-state index in [2.05, 4.69) is 9.72 Å². The van der Waals surface area contributed by atoms with Crippen LogP contribution in [0.3, 0.4) is 0 Å². The van der Waals surface area contributed by atoms with Gasteiger partial charge in [0.05, 0.1) is 12.9 Å². The normalized spacial score (nSPS) is 11.3. The van der Waals surface area contributed by atoms with Gasteiger partial charge in [0.1, 0.15) is 9.84 Å². The smallest absolute Gasteiger partial charge is 0.357 e. The fraction of sp³-hybridized carbons (Fsp3) is 0.600. The van der Waals surface area contributed by atoms with Crippen LogP contribution in [0.2, 0.25) is 0 Å². The van der Waals surface area contributed by atoms with E-state index in [1.54, 1.807) is 18.9 Å². The summed E-state index contributed by atoms with van der Waals surface area (Å²) in [6.45, 7) is 2.12. The predicted octanol–water partition coefficient (Wildman–Crippen LogP) is 0.719. The molecule has 0 aliphatic heterocycles. The Morgan fingerprint density at radius 1 is 1.50 bits per heavy atom. The van der Waals surface area contributed by atoms with E-state index in [1.165, 1.54) is 24.7 Å². The number of thiazole rings is 1. The molecule has 0 aliphatic carbocycles.